The minimum Gasteiger partial charge on any atom is -0.435 e. The van der Waals surface area contributed by atoms with E-state index in [1.165, 1.54) is 17.0 Å². The average molecular weight is 289 g/mol. The number of alkyl halides is 3. The van der Waals surface area contributed by atoms with E-state index in [0.29, 0.717) is 0 Å². The number of hydrogen-bond donors (Lipinski definition) is 0. The minimum atomic E-state index is -2.80. The highest BCUT2D eigenvalue weighted by atomic mass is 35.5. The molecule has 1 aromatic heterocycles. The van der Waals surface area contributed by atoms with Gasteiger partial charge in [0.1, 0.15) is 5.75 Å². The molecule has 0 aliphatic rings. The molecule has 1 heterocycles. The highest BCUT2D eigenvalue weighted by molar-refractivity contribution is 7.12. The molecule has 2 aromatic rings. The zero-order valence-corrected chi connectivity index (χ0v) is 11.1. The Morgan fingerprint density at radius 1 is 1.11 bits per heavy atom. The van der Waals surface area contributed by atoms with E-state index in [2.05, 4.69) is 4.74 Å². The molecule has 0 radical (unpaired) electrons. The molecule has 0 saturated heterocycles. The van der Waals surface area contributed by atoms with Gasteiger partial charge in [0.15, 0.2) is 0 Å². The van der Waals surface area contributed by atoms with Crippen molar-refractivity contribution >= 4 is 22.9 Å². The fourth-order valence-electron chi connectivity index (χ4n) is 1.57. The zero-order valence-electron chi connectivity index (χ0n) is 9.57. The molecule has 0 N–H and O–H groups in total. The van der Waals surface area contributed by atoms with Gasteiger partial charge in [-0.1, -0.05) is 12.1 Å². The number of halogens is 3. The van der Waals surface area contributed by atoms with Gasteiger partial charge >= 0.3 is 6.61 Å². The van der Waals surface area contributed by atoms with Crippen molar-refractivity contribution in [3.63, 3.8) is 0 Å². The molecule has 1 atom stereocenters. The smallest absolute Gasteiger partial charge is 0.387 e. The molecule has 0 saturated carbocycles. The third-order valence-corrected chi connectivity index (χ3v) is 4.09. The number of aryl methyl sites for hydroxylation is 1. The van der Waals surface area contributed by atoms with Crippen molar-refractivity contribution in [3.8, 4) is 5.75 Å². The third-order valence-electron chi connectivity index (χ3n) is 2.41. The van der Waals surface area contributed by atoms with Gasteiger partial charge in [0, 0.05) is 9.75 Å². The molecule has 5 heteroatoms. The third kappa shape index (κ3) is 3.21. The molecule has 0 bridgehead atoms. The van der Waals surface area contributed by atoms with Crippen LogP contribution in [0, 0.1) is 6.92 Å². The largest absolute Gasteiger partial charge is 0.435 e. The molecule has 0 amide bonds. The van der Waals surface area contributed by atoms with Gasteiger partial charge in [0.2, 0.25) is 0 Å². The average Bonchev–Trinajstić information content (AvgIpc) is 2.75. The van der Waals surface area contributed by atoms with Crippen LogP contribution in [-0.4, -0.2) is 6.61 Å². The first-order chi connectivity index (χ1) is 8.56. The Labute approximate surface area is 113 Å². The summed E-state index contributed by atoms with van der Waals surface area (Å²) >= 11 is 7.95. The first-order valence-corrected chi connectivity index (χ1v) is 6.57. The van der Waals surface area contributed by atoms with Gasteiger partial charge in [-0.3, -0.25) is 0 Å². The molecule has 0 aliphatic carbocycles. The van der Waals surface area contributed by atoms with Crippen molar-refractivity contribution in [2.24, 2.45) is 0 Å². The van der Waals surface area contributed by atoms with Crippen LogP contribution in [-0.2, 0) is 0 Å². The fourth-order valence-corrected chi connectivity index (χ4v) is 2.81. The van der Waals surface area contributed by atoms with Gasteiger partial charge in [-0.15, -0.1) is 22.9 Å². The quantitative estimate of drug-likeness (QED) is 0.721. The van der Waals surface area contributed by atoms with Gasteiger partial charge in [0.05, 0.1) is 5.38 Å². The van der Waals surface area contributed by atoms with Crippen molar-refractivity contribution in [1.82, 2.24) is 0 Å². The summed E-state index contributed by atoms with van der Waals surface area (Å²) in [4.78, 5) is 2.23. The van der Waals surface area contributed by atoms with E-state index in [0.717, 1.165) is 10.4 Å². The topological polar surface area (TPSA) is 9.23 Å². The van der Waals surface area contributed by atoms with Crippen molar-refractivity contribution in [2.75, 3.05) is 0 Å². The Morgan fingerprint density at radius 3 is 2.28 bits per heavy atom. The standard InChI is InChI=1S/C13H11ClF2OS/c1-8-2-7-11(18-8)12(14)9-3-5-10(6-4-9)17-13(15)16/h2-7,12-13H,1H3. The van der Waals surface area contributed by atoms with Gasteiger partial charge in [-0.05, 0) is 36.8 Å². The SMILES string of the molecule is Cc1ccc(C(Cl)c2ccc(OC(F)F)cc2)s1. The lowest BCUT2D eigenvalue weighted by molar-refractivity contribution is -0.0498. The van der Waals surface area contributed by atoms with E-state index in [-0.39, 0.29) is 11.1 Å². The maximum Gasteiger partial charge on any atom is 0.387 e. The molecule has 0 fully saturated rings. The molecule has 1 unspecified atom stereocenters. The molecular formula is C13H11ClF2OS. The second-order valence-corrected chi connectivity index (χ2v) is 5.51. The molecule has 2 rings (SSSR count). The van der Waals surface area contributed by atoms with Crippen molar-refractivity contribution in [3.05, 3.63) is 51.7 Å². The van der Waals surface area contributed by atoms with E-state index in [1.54, 1.807) is 23.5 Å². The fraction of sp³-hybridized carbons (Fsp3) is 0.231. The first kappa shape index (κ1) is 13.3. The normalized spacial score (nSPS) is 12.7. The van der Waals surface area contributed by atoms with E-state index in [9.17, 15) is 8.78 Å². The van der Waals surface area contributed by atoms with Crippen molar-refractivity contribution < 1.29 is 13.5 Å². The molecule has 96 valence electrons. The number of rotatable bonds is 4. The van der Waals surface area contributed by atoms with E-state index in [4.69, 9.17) is 11.6 Å². The molecule has 18 heavy (non-hydrogen) atoms. The Balaban J connectivity index is 2.14. The Kier molecular flexibility index (Phi) is 4.19. The summed E-state index contributed by atoms with van der Waals surface area (Å²) in [5, 5.41) is -0.260. The summed E-state index contributed by atoms with van der Waals surface area (Å²) in [6.07, 6.45) is 0. The predicted octanol–water partition coefficient (Wildman–Crippen LogP) is 4.99. The van der Waals surface area contributed by atoms with E-state index in [1.807, 2.05) is 19.1 Å². The minimum absolute atomic E-state index is 0.139. The predicted molar refractivity (Wildman–Crippen MR) is 69.8 cm³/mol. The van der Waals surface area contributed by atoms with Crippen LogP contribution in [0.25, 0.3) is 0 Å². The molecule has 1 nitrogen and oxygen atoms in total. The Hall–Kier alpha value is -1.13. The van der Waals surface area contributed by atoms with Crippen LogP contribution in [0.5, 0.6) is 5.75 Å². The van der Waals surface area contributed by atoms with E-state index < -0.39 is 6.61 Å². The van der Waals surface area contributed by atoms with Crippen LogP contribution in [0.1, 0.15) is 20.7 Å². The summed E-state index contributed by atoms with van der Waals surface area (Å²) in [5.74, 6) is 0.139. The summed E-state index contributed by atoms with van der Waals surface area (Å²) in [5.41, 5.74) is 0.861. The summed E-state index contributed by atoms with van der Waals surface area (Å²) < 4.78 is 28.3. The van der Waals surface area contributed by atoms with E-state index >= 15 is 0 Å². The zero-order chi connectivity index (χ0) is 13.1. The molecule has 1 aromatic carbocycles. The van der Waals surface area contributed by atoms with Crippen molar-refractivity contribution in [1.29, 1.82) is 0 Å². The number of ether oxygens (including phenoxy) is 1. The molecule has 0 aliphatic heterocycles. The summed E-state index contributed by atoms with van der Waals surface area (Å²) in [6, 6.07) is 10.4. The molecular weight excluding hydrogens is 278 g/mol. The van der Waals surface area contributed by atoms with Crippen LogP contribution in [0.15, 0.2) is 36.4 Å². The Bertz CT molecular complexity index is 510. The molecule has 0 spiro atoms. The lowest BCUT2D eigenvalue weighted by Crippen LogP contribution is -2.01. The number of benzene rings is 1. The van der Waals surface area contributed by atoms with Crippen LogP contribution in [0.4, 0.5) is 8.78 Å². The van der Waals surface area contributed by atoms with Crippen LogP contribution in [0.2, 0.25) is 0 Å². The van der Waals surface area contributed by atoms with Gasteiger partial charge in [-0.2, -0.15) is 8.78 Å². The Morgan fingerprint density at radius 2 is 1.78 bits per heavy atom. The van der Waals surface area contributed by atoms with Gasteiger partial charge in [0.25, 0.3) is 0 Å². The number of hydrogen-bond acceptors (Lipinski definition) is 2. The monoisotopic (exact) mass is 288 g/mol. The maximum absolute atomic E-state index is 12.0. The lowest BCUT2D eigenvalue weighted by Gasteiger charge is -2.09. The van der Waals surface area contributed by atoms with Gasteiger partial charge in [-0.25, -0.2) is 0 Å². The van der Waals surface area contributed by atoms with Gasteiger partial charge < -0.3 is 4.74 Å². The summed E-state index contributed by atoms with van der Waals surface area (Å²) in [6.45, 7) is -0.792. The lowest BCUT2D eigenvalue weighted by atomic mass is 10.1. The first-order valence-electron chi connectivity index (χ1n) is 5.31. The second kappa shape index (κ2) is 5.67. The van der Waals surface area contributed by atoms with Crippen molar-refractivity contribution in [2.45, 2.75) is 18.9 Å². The number of thiophene rings is 1. The summed E-state index contributed by atoms with van der Waals surface area (Å²) in [7, 11) is 0. The maximum atomic E-state index is 12.0. The van der Waals surface area contributed by atoms with Crippen LogP contribution >= 0.6 is 22.9 Å². The highest BCUT2D eigenvalue weighted by Crippen LogP contribution is 2.34. The highest BCUT2D eigenvalue weighted by Gasteiger charge is 2.13. The van der Waals surface area contributed by atoms with Crippen LogP contribution < -0.4 is 4.74 Å². The van der Waals surface area contributed by atoms with Crippen LogP contribution in [0.3, 0.4) is 0 Å². The second-order valence-electron chi connectivity index (χ2n) is 3.76.